The van der Waals surface area contributed by atoms with Crippen molar-refractivity contribution in [1.82, 2.24) is 9.78 Å². The van der Waals surface area contributed by atoms with E-state index in [-0.39, 0.29) is 17.9 Å². The summed E-state index contributed by atoms with van der Waals surface area (Å²) in [5, 5.41) is 12.8. The highest BCUT2D eigenvalue weighted by atomic mass is 32.2. The van der Waals surface area contributed by atoms with Gasteiger partial charge in [0.2, 0.25) is 0 Å². The van der Waals surface area contributed by atoms with Gasteiger partial charge in [0, 0.05) is 5.69 Å². The molecular formula is C11H18N2O4S. The van der Waals surface area contributed by atoms with E-state index in [0.29, 0.717) is 5.69 Å². The van der Waals surface area contributed by atoms with Gasteiger partial charge in [-0.3, -0.25) is 4.68 Å². The molecule has 0 spiro atoms. The van der Waals surface area contributed by atoms with Gasteiger partial charge < -0.3 is 5.11 Å². The van der Waals surface area contributed by atoms with E-state index in [4.69, 9.17) is 5.11 Å². The number of carboxylic acids is 1. The zero-order chi connectivity index (χ0) is 14.1. The van der Waals surface area contributed by atoms with Crippen LogP contribution in [0.5, 0.6) is 0 Å². The molecule has 0 amide bonds. The number of aromatic nitrogens is 2. The number of aromatic carboxylic acids is 1. The van der Waals surface area contributed by atoms with E-state index in [2.05, 4.69) is 5.10 Å². The minimum Gasteiger partial charge on any atom is -0.478 e. The number of sulfone groups is 1. The number of carbonyl (C=O) groups is 1. The average Bonchev–Trinajstić information content (AvgIpc) is 2.55. The topological polar surface area (TPSA) is 89.3 Å². The van der Waals surface area contributed by atoms with Crippen LogP contribution in [-0.2, 0) is 16.4 Å². The summed E-state index contributed by atoms with van der Waals surface area (Å²) in [4.78, 5) is 10.8. The minimum atomic E-state index is -3.23. The maximum atomic E-state index is 11.9. The summed E-state index contributed by atoms with van der Waals surface area (Å²) in [6.45, 7) is 6.70. The maximum Gasteiger partial charge on any atom is 0.339 e. The zero-order valence-corrected chi connectivity index (χ0v) is 11.8. The molecule has 0 unspecified atom stereocenters. The monoisotopic (exact) mass is 274 g/mol. The van der Waals surface area contributed by atoms with Gasteiger partial charge in [0.1, 0.15) is 5.56 Å². The van der Waals surface area contributed by atoms with Gasteiger partial charge in [-0.1, -0.05) is 0 Å². The molecule has 1 rings (SSSR count). The molecule has 0 aliphatic rings. The van der Waals surface area contributed by atoms with Crippen LogP contribution in [0.4, 0.5) is 0 Å². The number of nitrogens with zero attached hydrogens (tertiary/aromatic N) is 2. The lowest BCUT2D eigenvalue weighted by molar-refractivity contribution is 0.0696. The molecule has 0 saturated carbocycles. The predicted octanol–water partition coefficient (Wildman–Crippen LogP) is 1.10. The Bertz CT molecular complexity index is 552. The molecule has 1 aromatic rings. The molecule has 0 aliphatic heterocycles. The van der Waals surface area contributed by atoms with E-state index in [1.54, 1.807) is 27.7 Å². The van der Waals surface area contributed by atoms with E-state index < -0.39 is 20.6 Å². The molecular weight excluding hydrogens is 256 g/mol. The Balaban J connectivity index is 2.86. The molecule has 1 heterocycles. The lowest BCUT2D eigenvalue weighted by atomic mass is 10.3. The standard InChI is InChI=1S/C11H18N2O4S/c1-8-9(10(14)15)7-12-13(8)5-6-18(16,17)11(2,3)4/h7H,5-6H2,1-4H3,(H,14,15). The Labute approximate surface area is 107 Å². The fourth-order valence-electron chi connectivity index (χ4n) is 1.39. The Hall–Kier alpha value is -1.37. The first-order valence-electron chi connectivity index (χ1n) is 5.54. The van der Waals surface area contributed by atoms with Crippen LogP contribution >= 0.6 is 0 Å². The van der Waals surface area contributed by atoms with Gasteiger partial charge in [-0.2, -0.15) is 5.10 Å². The summed E-state index contributed by atoms with van der Waals surface area (Å²) in [7, 11) is -3.23. The van der Waals surface area contributed by atoms with Gasteiger partial charge in [-0.05, 0) is 27.7 Å². The average molecular weight is 274 g/mol. The zero-order valence-electron chi connectivity index (χ0n) is 11.0. The van der Waals surface area contributed by atoms with Crippen LogP contribution < -0.4 is 0 Å². The summed E-state index contributed by atoms with van der Waals surface area (Å²) in [5.41, 5.74) is 0.565. The molecule has 0 atom stereocenters. The number of carboxylic acid groups (broad SMARTS) is 1. The van der Waals surface area contributed by atoms with Gasteiger partial charge in [-0.25, -0.2) is 13.2 Å². The molecule has 1 aromatic heterocycles. The number of aryl methyl sites for hydroxylation is 1. The van der Waals surface area contributed by atoms with Crippen LogP contribution in [0.3, 0.4) is 0 Å². The minimum absolute atomic E-state index is 0.0575. The van der Waals surface area contributed by atoms with Crippen molar-refractivity contribution in [2.45, 2.75) is 39.0 Å². The van der Waals surface area contributed by atoms with Gasteiger partial charge in [-0.15, -0.1) is 0 Å². The molecule has 0 radical (unpaired) electrons. The van der Waals surface area contributed by atoms with E-state index in [0.717, 1.165) is 0 Å². The predicted molar refractivity (Wildman–Crippen MR) is 67.5 cm³/mol. The lowest BCUT2D eigenvalue weighted by Gasteiger charge is -2.19. The van der Waals surface area contributed by atoms with Crippen LogP contribution in [0, 0.1) is 6.92 Å². The van der Waals surface area contributed by atoms with Crippen LogP contribution in [0.2, 0.25) is 0 Å². The quantitative estimate of drug-likeness (QED) is 0.888. The van der Waals surface area contributed by atoms with Crippen molar-refractivity contribution in [3.63, 3.8) is 0 Å². The maximum absolute atomic E-state index is 11.9. The highest BCUT2D eigenvalue weighted by molar-refractivity contribution is 7.92. The van der Waals surface area contributed by atoms with Crippen LogP contribution in [0.15, 0.2) is 6.20 Å². The van der Waals surface area contributed by atoms with Crippen LogP contribution in [0.25, 0.3) is 0 Å². The first-order chi connectivity index (χ1) is 8.06. The fraction of sp³-hybridized carbons (Fsp3) is 0.636. The molecule has 1 N–H and O–H groups in total. The first-order valence-corrected chi connectivity index (χ1v) is 7.19. The number of hydrogen-bond donors (Lipinski definition) is 1. The molecule has 7 heteroatoms. The Morgan fingerprint density at radius 3 is 2.39 bits per heavy atom. The van der Waals surface area contributed by atoms with E-state index in [1.165, 1.54) is 10.9 Å². The van der Waals surface area contributed by atoms with Crippen molar-refractivity contribution >= 4 is 15.8 Å². The molecule has 102 valence electrons. The Kier molecular flexibility index (Phi) is 3.85. The second-order valence-electron chi connectivity index (χ2n) is 5.10. The second kappa shape index (κ2) is 4.72. The van der Waals surface area contributed by atoms with E-state index >= 15 is 0 Å². The van der Waals surface area contributed by atoms with Gasteiger partial charge in [0.25, 0.3) is 0 Å². The van der Waals surface area contributed by atoms with Gasteiger partial charge >= 0.3 is 5.97 Å². The van der Waals surface area contributed by atoms with Crippen molar-refractivity contribution in [2.24, 2.45) is 0 Å². The molecule has 0 fully saturated rings. The van der Waals surface area contributed by atoms with Crippen molar-refractivity contribution < 1.29 is 18.3 Å². The normalized spacial score (nSPS) is 12.7. The largest absolute Gasteiger partial charge is 0.478 e. The lowest BCUT2D eigenvalue weighted by Crippen LogP contribution is -2.32. The van der Waals surface area contributed by atoms with Crippen molar-refractivity contribution in [1.29, 1.82) is 0 Å². The summed E-state index contributed by atoms with van der Waals surface area (Å²) in [6.07, 6.45) is 1.24. The Morgan fingerprint density at radius 1 is 1.44 bits per heavy atom. The second-order valence-corrected chi connectivity index (χ2v) is 7.97. The first kappa shape index (κ1) is 14.7. The SMILES string of the molecule is Cc1c(C(=O)O)cnn1CCS(=O)(=O)C(C)(C)C. The van der Waals surface area contributed by atoms with Crippen molar-refractivity contribution in [3.05, 3.63) is 17.5 Å². The Morgan fingerprint density at radius 2 is 2.00 bits per heavy atom. The summed E-state index contributed by atoms with van der Waals surface area (Å²) < 4.78 is 24.4. The van der Waals surface area contributed by atoms with Gasteiger partial charge in [0.05, 0.1) is 23.2 Å². The smallest absolute Gasteiger partial charge is 0.339 e. The van der Waals surface area contributed by atoms with E-state index in [9.17, 15) is 13.2 Å². The molecule has 18 heavy (non-hydrogen) atoms. The molecule has 0 bridgehead atoms. The molecule has 0 aliphatic carbocycles. The highest BCUT2D eigenvalue weighted by Gasteiger charge is 2.28. The third-order valence-corrected chi connectivity index (χ3v) is 5.42. The highest BCUT2D eigenvalue weighted by Crippen LogP contribution is 2.16. The number of hydrogen-bond acceptors (Lipinski definition) is 4. The molecule has 6 nitrogen and oxygen atoms in total. The van der Waals surface area contributed by atoms with Crippen molar-refractivity contribution in [3.8, 4) is 0 Å². The molecule has 0 aromatic carbocycles. The summed E-state index contributed by atoms with van der Waals surface area (Å²) >= 11 is 0. The number of rotatable bonds is 4. The van der Waals surface area contributed by atoms with Crippen LogP contribution in [-0.4, -0.2) is 39.8 Å². The molecule has 0 saturated heterocycles. The van der Waals surface area contributed by atoms with Crippen LogP contribution in [0.1, 0.15) is 36.8 Å². The summed E-state index contributed by atoms with van der Waals surface area (Å²) in [6, 6.07) is 0. The van der Waals surface area contributed by atoms with Gasteiger partial charge in [0.15, 0.2) is 9.84 Å². The van der Waals surface area contributed by atoms with E-state index in [1.807, 2.05) is 0 Å². The van der Waals surface area contributed by atoms with Crippen molar-refractivity contribution in [2.75, 3.05) is 5.75 Å². The fourth-order valence-corrected chi connectivity index (χ4v) is 2.42. The third kappa shape index (κ3) is 2.90. The third-order valence-electron chi connectivity index (χ3n) is 2.84. The summed E-state index contributed by atoms with van der Waals surface area (Å²) in [5.74, 6) is -1.12.